The molecule has 1 aliphatic heterocycles. The molecular weight excluding hydrogens is 480 g/mol. The normalized spacial score (nSPS) is 18.1. The van der Waals surface area contributed by atoms with Crippen LogP contribution in [0.1, 0.15) is 22.3 Å². The van der Waals surface area contributed by atoms with Gasteiger partial charge < -0.3 is 18.9 Å². The fourth-order valence-corrected chi connectivity index (χ4v) is 4.34. The molecule has 0 radical (unpaired) electrons. The third-order valence-corrected chi connectivity index (χ3v) is 6.62. The van der Waals surface area contributed by atoms with Crippen LogP contribution in [0, 0.1) is 22.7 Å². The van der Waals surface area contributed by atoms with Gasteiger partial charge in [0.2, 0.25) is 0 Å². The number of rotatable bonds is 6. The minimum Gasteiger partial charge on any atom is -0.378 e. The van der Waals surface area contributed by atoms with Gasteiger partial charge in [0.15, 0.2) is 0 Å². The summed E-state index contributed by atoms with van der Waals surface area (Å²) in [7, 11) is 0. The summed E-state index contributed by atoms with van der Waals surface area (Å²) in [6.07, 6.45) is 1.63. The second kappa shape index (κ2) is 18.4. The lowest BCUT2D eigenvalue weighted by atomic mass is 10.1. The molecule has 0 bridgehead atoms. The molecule has 0 unspecified atom stereocenters. The quantitative estimate of drug-likeness (QED) is 0.574. The Labute approximate surface area is 227 Å². The maximum Gasteiger partial charge on any atom is 0.0994 e. The maximum absolute atomic E-state index is 9.36. The van der Waals surface area contributed by atoms with E-state index in [9.17, 15) is 10.5 Å². The SMILES string of the molecule is N#Cc1ccccc1CCN1CCOCCOCCN(CCc2ccccc2C#N)CCOCCOCC1. The zero-order valence-electron chi connectivity index (χ0n) is 22.4. The molecule has 8 heteroatoms. The minimum atomic E-state index is 0.556. The van der Waals surface area contributed by atoms with Crippen LogP contribution in [0.3, 0.4) is 0 Å². The van der Waals surface area contributed by atoms with E-state index in [0.29, 0.717) is 52.9 Å². The fourth-order valence-electron chi connectivity index (χ4n) is 4.34. The minimum absolute atomic E-state index is 0.556. The van der Waals surface area contributed by atoms with Crippen LogP contribution in [0.2, 0.25) is 0 Å². The number of hydrogen-bond acceptors (Lipinski definition) is 8. The largest absolute Gasteiger partial charge is 0.378 e. The summed E-state index contributed by atoms with van der Waals surface area (Å²) in [5.41, 5.74) is 3.62. The highest BCUT2D eigenvalue weighted by Gasteiger charge is 2.10. The molecule has 3 rings (SSSR count). The van der Waals surface area contributed by atoms with E-state index in [1.54, 1.807) is 0 Å². The molecule has 2 aromatic rings. The highest BCUT2D eigenvalue weighted by atomic mass is 16.5. The Morgan fingerprint density at radius 1 is 0.526 bits per heavy atom. The lowest BCUT2D eigenvalue weighted by Gasteiger charge is -2.24. The van der Waals surface area contributed by atoms with Crippen molar-refractivity contribution >= 4 is 0 Å². The van der Waals surface area contributed by atoms with E-state index in [2.05, 4.69) is 21.9 Å². The third kappa shape index (κ3) is 11.3. The van der Waals surface area contributed by atoms with Gasteiger partial charge >= 0.3 is 0 Å². The summed E-state index contributed by atoms with van der Waals surface area (Å²) < 4.78 is 23.4. The molecule has 0 spiro atoms. The Morgan fingerprint density at radius 3 is 1.21 bits per heavy atom. The number of benzene rings is 2. The van der Waals surface area contributed by atoms with Crippen molar-refractivity contribution in [2.24, 2.45) is 0 Å². The van der Waals surface area contributed by atoms with Crippen LogP contribution in [0.25, 0.3) is 0 Å². The van der Waals surface area contributed by atoms with E-state index in [1.165, 1.54) is 0 Å². The highest BCUT2D eigenvalue weighted by Crippen LogP contribution is 2.10. The van der Waals surface area contributed by atoms with Gasteiger partial charge in [0, 0.05) is 39.3 Å². The number of hydrogen-bond donors (Lipinski definition) is 0. The summed E-state index contributed by atoms with van der Waals surface area (Å²) >= 11 is 0. The van der Waals surface area contributed by atoms with Crippen LogP contribution in [-0.2, 0) is 31.8 Å². The summed E-state index contributed by atoms with van der Waals surface area (Å²) in [5.74, 6) is 0. The number of nitriles is 2. The Bertz CT molecular complexity index is 918. The topological polar surface area (TPSA) is 91.0 Å². The fraction of sp³-hybridized carbons (Fsp3) is 0.533. The Balaban J connectivity index is 1.43. The van der Waals surface area contributed by atoms with Crippen molar-refractivity contribution in [1.29, 1.82) is 10.5 Å². The van der Waals surface area contributed by atoms with Crippen LogP contribution < -0.4 is 0 Å². The zero-order chi connectivity index (χ0) is 26.7. The van der Waals surface area contributed by atoms with Crippen LogP contribution in [0.15, 0.2) is 48.5 Å². The summed E-state index contributed by atoms with van der Waals surface area (Å²) in [5, 5.41) is 18.7. The van der Waals surface area contributed by atoms with E-state index in [-0.39, 0.29) is 0 Å². The van der Waals surface area contributed by atoms with E-state index >= 15 is 0 Å². The first-order chi connectivity index (χ1) is 18.8. The van der Waals surface area contributed by atoms with Crippen molar-refractivity contribution in [3.63, 3.8) is 0 Å². The predicted octanol–water partition coefficient (Wildman–Crippen LogP) is 2.90. The summed E-state index contributed by atoms with van der Waals surface area (Å²) in [4.78, 5) is 4.64. The van der Waals surface area contributed by atoms with Crippen LogP contribution >= 0.6 is 0 Å². The van der Waals surface area contributed by atoms with Crippen LogP contribution in [0.4, 0.5) is 0 Å². The van der Waals surface area contributed by atoms with Gasteiger partial charge in [-0.25, -0.2) is 0 Å². The van der Waals surface area contributed by atoms with E-state index in [1.807, 2.05) is 48.5 Å². The molecule has 2 aromatic carbocycles. The maximum atomic E-state index is 9.36. The van der Waals surface area contributed by atoms with E-state index in [4.69, 9.17) is 18.9 Å². The van der Waals surface area contributed by atoms with Gasteiger partial charge in [0.1, 0.15) is 0 Å². The summed E-state index contributed by atoms with van der Waals surface area (Å²) in [6.45, 7) is 9.58. The third-order valence-electron chi connectivity index (χ3n) is 6.62. The molecule has 1 heterocycles. The van der Waals surface area contributed by atoms with Crippen molar-refractivity contribution < 1.29 is 18.9 Å². The van der Waals surface area contributed by atoms with Crippen molar-refractivity contribution in [1.82, 2.24) is 9.80 Å². The standard InChI is InChI=1S/C30H40N4O4/c31-25-29-7-3-1-5-27(29)9-11-33-13-17-35-21-23-37-19-15-34(16-20-38-24-22-36-18-14-33)12-10-28-6-2-4-8-30(28)26-32/h1-8H,9-24H2. The van der Waals surface area contributed by atoms with Gasteiger partial charge in [-0.2, -0.15) is 10.5 Å². The average Bonchev–Trinajstić information content (AvgIpc) is 2.96. The molecule has 0 amide bonds. The molecular formula is C30H40N4O4. The molecule has 0 atom stereocenters. The van der Waals surface area contributed by atoms with Gasteiger partial charge in [0.25, 0.3) is 0 Å². The molecule has 38 heavy (non-hydrogen) atoms. The van der Waals surface area contributed by atoms with Crippen LogP contribution in [-0.4, -0.2) is 102 Å². The molecule has 8 nitrogen and oxygen atoms in total. The Hall–Kier alpha value is -2.82. The highest BCUT2D eigenvalue weighted by molar-refractivity contribution is 5.38. The molecule has 1 fully saturated rings. The molecule has 0 N–H and O–H groups in total. The van der Waals surface area contributed by atoms with Crippen LogP contribution in [0.5, 0.6) is 0 Å². The van der Waals surface area contributed by atoms with Gasteiger partial charge in [-0.05, 0) is 36.1 Å². The number of ether oxygens (including phenoxy) is 4. The second-order valence-corrected chi connectivity index (χ2v) is 9.17. The second-order valence-electron chi connectivity index (χ2n) is 9.17. The molecule has 1 aliphatic rings. The Morgan fingerprint density at radius 2 is 0.868 bits per heavy atom. The lowest BCUT2D eigenvalue weighted by molar-refractivity contribution is 0.00835. The monoisotopic (exact) mass is 520 g/mol. The van der Waals surface area contributed by atoms with Gasteiger partial charge in [-0.3, -0.25) is 9.80 Å². The average molecular weight is 521 g/mol. The smallest absolute Gasteiger partial charge is 0.0994 e. The van der Waals surface area contributed by atoms with Crippen molar-refractivity contribution in [2.75, 3.05) is 92.1 Å². The zero-order valence-corrected chi connectivity index (χ0v) is 22.4. The Kier molecular flexibility index (Phi) is 14.4. The van der Waals surface area contributed by atoms with Gasteiger partial charge in [-0.1, -0.05) is 36.4 Å². The van der Waals surface area contributed by atoms with Gasteiger partial charge in [0.05, 0.1) is 76.1 Å². The molecule has 0 saturated carbocycles. The van der Waals surface area contributed by atoms with Crippen molar-refractivity contribution in [3.05, 3.63) is 70.8 Å². The first-order valence-corrected chi connectivity index (χ1v) is 13.5. The predicted molar refractivity (Wildman–Crippen MR) is 146 cm³/mol. The molecule has 0 aliphatic carbocycles. The first kappa shape index (κ1) is 29.7. The van der Waals surface area contributed by atoms with Gasteiger partial charge in [-0.15, -0.1) is 0 Å². The van der Waals surface area contributed by atoms with Crippen molar-refractivity contribution in [2.45, 2.75) is 12.8 Å². The molecule has 0 aromatic heterocycles. The van der Waals surface area contributed by atoms with E-state index < -0.39 is 0 Å². The summed E-state index contributed by atoms with van der Waals surface area (Å²) in [6, 6.07) is 20.1. The van der Waals surface area contributed by atoms with Crippen molar-refractivity contribution in [3.8, 4) is 12.1 Å². The molecule has 204 valence electrons. The first-order valence-electron chi connectivity index (χ1n) is 13.5. The lowest BCUT2D eigenvalue weighted by Crippen LogP contribution is -2.34. The molecule has 1 saturated heterocycles. The number of nitrogens with zero attached hydrogens (tertiary/aromatic N) is 4. The van der Waals surface area contributed by atoms with E-state index in [0.717, 1.165) is 74.4 Å².